The number of halogens is 1. The van der Waals surface area contributed by atoms with Crippen LogP contribution in [0, 0.1) is 36.5 Å². The van der Waals surface area contributed by atoms with Gasteiger partial charge < -0.3 is 9.15 Å². The second-order valence-corrected chi connectivity index (χ2v) is 8.66. The lowest BCUT2D eigenvalue weighted by molar-refractivity contribution is -0.114. The number of carbonyl (C=O) groups excluding carboxylic acids is 2. The second-order valence-electron chi connectivity index (χ2n) is 7.12. The molecule has 0 atom stereocenters. The zero-order chi connectivity index (χ0) is 24.1. The van der Waals surface area contributed by atoms with E-state index in [2.05, 4.69) is 0 Å². The summed E-state index contributed by atoms with van der Waals surface area (Å²) in [6, 6.07) is 12.8. The number of hydrogen-bond donors (Lipinski definition) is 0. The minimum Gasteiger partial charge on any atom is -0.462 e. The van der Waals surface area contributed by atoms with Gasteiger partial charge in [-0.1, -0.05) is 17.7 Å². The van der Waals surface area contributed by atoms with Gasteiger partial charge in [0.15, 0.2) is 5.78 Å². The first-order valence-corrected chi connectivity index (χ1v) is 11.2. The number of allylic oxidation sites excluding steroid dienone is 1. The Hall–Kier alpha value is -3.65. The number of ether oxygens (including phenoxy) is 1. The van der Waals surface area contributed by atoms with Crippen molar-refractivity contribution in [1.29, 1.82) is 10.5 Å². The maximum Gasteiger partial charge on any atom is 0.348 e. The van der Waals surface area contributed by atoms with Crippen molar-refractivity contribution in [2.75, 3.05) is 6.61 Å². The molecule has 0 saturated carbocycles. The summed E-state index contributed by atoms with van der Waals surface area (Å²) < 4.78 is 10.8. The fourth-order valence-corrected chi connectivity index (χ4v) is 4.55. The minimum atomic E-state index is -0.536. The largest absolute Gasteiger partial charge is 0.462 e. The Morgan fingerprint density at radius 3 is 2.64 bits per heavy atom. The fraction of sp³-hybridized carbons (Fsp3) is 0.200. The van der Waals surface area contributed by atoms with Crippen molar-refractivity contribution in [3.63, 3.8) is 0 Å². The highest BCUT2D eigenvalue weighted by molar-refractivity contribution is 7.14. The Bertz CT molecular complexity index is 1350. The Kier molecular flexibility index (Phi) is 7.50. The monoisotopic (exact) mass is 478 g/mol. The SMILES string of the molecule is CCOC(=O)c1sc(CC(=O)/C(C#N)=C/c2ccc(-c3cc(Cl)ccc3C)o2)c(C#N)c1C. The summed E-state index contributed by atoms with van der Waals surface area (Å²) in [5.41, 5.74) is 2.39. The van der Waals surface area contributed by atoms with Crippen LogP contribution in [0.15, 0.2) is 40.3 Å². The van der Waals surface area contributed by atoms with Crippen LogP contribution in [-0.2, 0) is 16.0 Å². The number of furan rings is 1. The van der Waals surface area contributed by atoms with Gasteiger partial charge in [0.05, 0.1) is 17.7 Å². The number of nitriles is 2. The van der Waals surface area contributed by atoms with E-state index in [4.69, 9.17) is 20.8 Å². The first kappa shape index (κ1) is 24.0. The van der Waals surface area contributed by atoms with E-state index in [0.717, 1.165) is 22.5 Å². The van der Waals surface area contributed by atoms with E-state index in [-0.39, 0.29) is 29.0 Å². The van der Waals surface area contributed by atoms with Crippen LogP contribution in [0.2, 0.25) is 5.02 Å². The van der Waals surface area contributed by atoms with Crippen molar-refractivity contribution < 1.29 is 18.7 Å². The minimum absolute atomic E-state index is 0.119. The van der Waals surface area contributed by atoms with Gasteiger partial charge in [-0.25, -0.2) is 4.79 Å². The van der Waals surface area contributed by atoms with Crippen molar-refractivity contribution >= 4 is 40.8 Å². The summed E-state index contributed by atoms with van der Waals surface area (Å²) in [5.74, 6) is -0.122. The van der Waals surface area contributed by atoms with E-state index < -0.39 is 11.8 Å². The predicted octanol–water partition coefficient (Wildman–Crippen LogP) is 6.05. The molecule has 3 aromatic rings. The highest BCUT2D eigenvalue weighted by Gasteiger charge is 2.23. The number of rotatable bonds is 7. The number of benzene rings is 1. The van der Waals surface area contributed by atoms with Gasteiger partial charge >= 0.3 is 5.97 Å². The smallest absolute Gasteiger partial charge is 0.348 e. The van der Waals surface area contributed by atoms with E-state index in [1.807, 2.05) is 25.1 Å². The van der Waals surface area contributed by atoms with E-state index in [0.29, 0.717) is 27.0 Å². The van der Waals surface area contributed by atoms with Crippen molar-refractivity contribution in [1.82, 2.24) is 0 Å². The molecule has 3 rings (SSSR count). The lowest BCUT2D eigenvalue weighted by Gasteiger charge is -2.03. The molecule has 0 amide bonds. The summed E-state index contributed by atoms with van der Waals surface area (Å²) in [6.45, 7) is 5.45. The Morgan fingerprint density at radius 1 is 1.21 bits per heavy atom. The Morgan fingerprint density at radius 2 is 1.97 bits per heavy atom. The van der Waals surface area contributed by atoms with Crippen LogP contribution >= 0.6 is 22.9 Å². The molecule has 1 aromatic carbocycles. The van der Waals surface area contributed by atoms with Crippen LogP contribution in [0.25, 0.3) is 17.4 Å². The van der Waals surface area contributed by atoms with Crippen LogP contribution in [-0.4, -0.2) is 18.4 Å². The zero-order valence-electron chi connectivity index (χ0n) is 18.2. The van der Waals surface area contributed by atoms with Crippen LogP contribution in [0.1, 0.15) is 43.9 Å². The predicted molar refractivity (Wildman–Crippen MR) is 126 cm³/mol. The summed E-state index contributed by atoms with van der Waals surface area (Å²) in [7, 11) is 0. The molecule has 0 fully saturated rings. The first-order valence-electron chi connectivity index (χ1n) is 9.99. The molecule has 0 saturated heterocycles. The Labute approximate surface area is 200 Å². The van der Waals surface area contributed by atoms with Gasteiger partial charge in [0.2, 0.25) is 0 Å². The van der Waals surface area contributed by atoms with E-state index in [1.54, 1.807) is 38.1 Å². The molecule has 0 radical (unpaired) electrons. The fourth-order valence-electron chi connectivity index (χ4n) is 3.23. The van der Waals surface area contributed by atoms with Gasteiger partial charge in [0.25, 0.3) is 0 Å². The number of esters is 1. The van der Waals surface area contributed by atoms with E-state index >= 15 is 0 Å². The number of thiophene rings is 1. The lowest BCUT2D eigenvalue weighted by atomic mass is 10.0. The van der Waals surface area contributed by atoms with Crippen molar-refractivity contribution in [2.45, 2.75) is 27.2 Å². The topological polar surface area (TPSA) is 104 Å². The van der Waals surface area contributed by atoms with Gasteiger partial charge in [0.1, 0.15) is 28.5 Å². The molecule has 0 unspecified atom stereocenters. The molecule has 0 bridgehead atoms. The summed E-state index contributed by atoms with van der Waals surface area (Å²) in [5, 5.41) is 19.6. The average molecular weight is 479 g/mol. The third kappa shape index (κ3) is 5.23. The first-order chi connectivity index (χ1) is 15.8. The summed E-state index contributed by atoms with van der Waals surface area (Å²) >= 11 is 7.12. The van der Waals surface area contributed by atoms with Crippen LogP contribution in [0.4, 0.5) is 0 Å². The van der Waals surface area contributed by atoms with Gasteiger partial charge in [-0.3, -0.25) is 4.79 Å². The van der Waals surface area contributed by atoms with Crippen LogP contribution < -0.4 is 0 Å². The van der Waals surface area contributed by atoms with Gasteiger partial charge in [0, 0.05) is 28.0 Å². The maximum atomic E-state index is 12.8. The number of hydrogen-bond acceptors (Lipinski definition) is 7. The van der Waals surface area contributed by atoms with E-state index in [9.17, 15) is 20.1 Å². The third-order valence-corrected chi connectivity index (χ3v) is 6.42. The normalized spacial score (nSPS) is 11.0. The van der Waals surface area contributed by atoms with Crippen LogP contribution in [0.3, 0.4) is 0 Å². The number of ketones is 1. The molecule has 6 nitrogen and oxygen atoms in total. The van der Waals surface area contributed by atoms with E-state index in [1.165, 1.54) is 6.08 Å². The van der Waals surface area contributed by atoms with Gasteiger partial charge in [-0.05, 0) is 56.2 Å². The summed E-state index contributed by atoms with van der Waals surface area (Å²) in [6.07, 6.45) is 1.18. The molecule has 0 aliphatic rings. The number of aryl methyl sites for hydroxylation is 1. The quantitative estimate of drug-likeness (QED) is 0.233. The molecule has 0 aliphatic carbocycles. The molecule has 8 heteroatoms. The third-order valence-electron chi connectivity index (χ3n) is 4.91. The second kappa shape index (κ2) is 10.3. The molecule has 2 aromatic heterocycles. The molecule has 2 heterocycles. The molecule has 0 aliphatic heterocycles. The maximum absolute atomic E-state index is 12.8. The number of carbonyl (C=O) groups is 2. The zero-order valence-corrected chi connectivity index (χ0v) is 19.8. The van der Waals surface area contributed by atoms with Gasteiger partial charge in [-0.2, -0.15) is 10.5 Å². The molecular weight excluding hydrogens is 460 g/mol. The Balaban J connectivity index is 1.87. The van der Waals surface area contributed by atoms with Crippen molar-refractivity contribution in [3.8, 4) is 23.5 Å². The molecule has 0 N–H and O–H groups in total. The highest BCUT2D eigenvalue weighted by atomic mass is 35.5. The average Bonchev–Trinajstić information content (AvgIpc) is 3.37. The van der Waals surface area contributed by atoms with Crippen molar-refractivity contribution in [3.05, 3.63) is 73.1 Å². The molecular formula is C25H19ClN2O4S. The molecule has 33 heavy (non-hydrogen) atoms. The van der Waals surface area contributed by atoms with Crippen molar-refractivity contribution in [2.24, 2.45) is 0 Å². The highest BCUT2D eigenvalue weighted by Crippen LogP contribution is 2.31. The van der Waals surface area contributed by atoms with Gasteiger partial charge in [-0.15, -0.1) is 11.3 Å². The summed E-state index contributed by atoms with van der Waals surface area (Å²) in [4.78, 5) is 25.7. The van der Waals surface area contributed by atoms with Crippen LogP contribution in [0.5, 0.6) is 0 Å². The molecule has 166 valence electrons. The standard InChI is InChI=1S/C25H19ClN2O4S/c1-4-31-25(30)24-15(3)20(13-28)23(33-24)11-21(29)16(12-27)9-18-7-8-22(32-18)19-10-17(26)6-5-14(19)2/h5-10H,4,11H2,1-3H3/b16-9+. The molecule has 0 spiro atoms. The lowest BCUT2D eigenvalue weighted by Crippen LogP contribution is -2.05. The number of nitrogens with zero attached hydrogens (tertiary/aromatic N) is 2. The number of Topliss-reactive ketones (excluding diaryl/α,β-unsaturated/α-hetero) is 1.